The standard InChI is InChI=1S/C28H31ClN8O2/c1-38-23-4-3-19(24(29)26(23)39-2)14-35-11-6-21(7-12-35)36-16-28(17-36,8-9-30)37-15-20(13-34-37)25-22-5-10-31-27(22)33-18-32-25/h3-5,10,13,15,18,21H,6-8,11-12,14,16-17H2,1-2H3,(H,31,32,33). The molecule has 0 amide bonds. The third-order valence-corrected chi connectivity index (χ3v) is 8.55. The molecule has 0 unspecified atom stereocenters. The number of hydrogen-bond acceptors (Lipinski definition) is 8. The fraction of sp³-hybridized carbons (Fsp3) is 0.429. The van der Waals surface area contributed by atoms with E-state index in [1.165, 1.54) is 0 Å². The van der Waals surface area contributed by atoms with Crippen LogP contribution < -0.4 is 9.47 Å². The van der Waals surface area contributed by atoms with Crippen molar-refractivity contribution in [2.24, 2.45) is 0 Å². The van der Waals surface area contributed by atoms with Crippen molar-refractivity contribution in [3.05, 3.63) is 53.7 Å². The molecule has 0 spiro atoms. The summed E-state index contributed by atoms with van der Waals surface area (Å²) in [4.78, 5) is 16.9. The van der Waals surface area contributed by atoms with Crippen LogP contribution in [0.5, 0.6) is 11.5 Å². The molecule has 0 bridgehead atoms. The fourth-order valence-electron chi connectivity index (χ4n) is 6.00. The van der Waals surface area contributed by atoms with Gasteiger partial charge < -0.3 is 14.5 Å². The molecule has 2 fully saturated rings. The molecule has 4 aromatic rings. The minimum atomic E-state index is -0.318. The SMILES string of the molecule is COc1ccc(CN2CCC(N3CC(CC#N)(n4cc(-c5ncnc6[nH]ccc56)cn4)C3)CC2)c(Cl)c1OC. The van der Waals surface area contributed by atoms with Gasteiger partial charge in [0.05, 0.1) is 43.6 Å². The van der Waals surface area contributed by atoms with Crippen molar-refractivity contribution in [3.8, 4) is 28.8 Å². The summed E-state index contributed by atoms with van der Waals surface area (Å²) >= 11 is 6.62. The number of nitriles is 1. The van der Waals surface area contributed by atoms with E-state index in [9.17, 15) is 5.26 Å². The van der Waals surface area contributed by atoms with Crippen LogP contribution in [-0.4, -0.2) is 81.0 Å². The van der Waals surface area contributed by atoms with Crippen molar-refractivity contribution < 1.29 is 9.47 Å². The molecule has 2 saturated heterocycles. The first-order valence-electron chi connectivity index (χ1n) is 13.1. The second-order valence-electron chi connectivity index (χ2n) is 10.4. The summed E-state index contributed by atoms with van der Waals surface area (Å²) in [5.41, 5.74) is 3.30. The summed E-state index contributed by atoms with van der Waals surface area (Å²) in [6.07, 6.45) is 9.86. The number of likely N-dealkylation sites (tertiary alicyclic amines) is 2. The predicted octanol–water partition coefficient (Wildman–Crippen LogP) is 4.08. The summed E-state index contributed by atoms with van der Waals surface area (Å²) < 4.78 is 12.8. The zero-order chi connectivity index (χ0) is 27.0. The zero-order valence-corrected chi connectivity index (χ0v) is 22.9. The summed E-state index contributed by atoms with van der Waals surface area (Å²) in [6.45, 7) is 4.39. The van der Waals surface area contributed by atoms with Gasteiger partial charge in [-0.3, -0.25) is 14.5 Å². The molecule has 0 atom stereocenters. The molecule has 1 N–H and O–H groups in total. The Balaban J connectivity index is 1.10. The quantitative estimate of drug-likeness (QED) is 0.352. The molecular weight excluding hydrogens is 516 g/mol. The van der Waals surface area contributed by atoms with E-state index in [0.717, 1.165) is 73.4 Å². The molecule has 10 nitrogen and oxygen atoms in total. The molecule has 3 aromatic heterocycles. The molecule has 0 saturated carbocycles. The van der Waals surface area contributed by atoms with E-state index in [0.29, 0.717) is 29.0 Å². The molecular formula is C28H31ClN8O2. The van der Waals surface area contributed by atoms with Crippen LogP contribution in [0.4, 0.5) is 0 Å². The van der Waals surface area contributed by atoms with Crippen molar-refractivity contribution in [1.82, 2.24) is 34.5 Å². The molecule has 6 rings (SSSR count). The average Bonchev–Trinajstić information content (AvgIpc) is 3.62. The molecule has 1 aromatic carbocycles. The predicted molar refractivity (Wildman–Crippen MR) is 148 cm³/mol. The van der Waals surface area contributed by atoms with Gasteiger partial charge in [-0.25, -0.2) is 9.97 Å². The van der Waals surface area contributed by atoms with Gasteiger partial charge in [-0.05, 0) is 43.6 Å². The number of ether oxygens (including phenoxy) is 2. The minimum Gasteiger partial charge on any atom is -0.493 e. The van der Waals surface area contributed by atoms with Crippen molar-refractivity contribution in [2.75, 3.05) is 40.4 Å². The molecule has 5 heterocycles. The van der Waals surface area contributed by atoms with Crippen LogP contribution in [0.25, 0.3) is 22.3 Å². The fourth-order valence-corrected chi connectivity index (χ4v) is 6.29. The first-order chi connectivity index (χ1) is 19.0. The zero-order valence-electron chi connectivity index (χ0n) is 22.1. The minimum absolute atomic E-state index is 0.318. The van der Waals surface area contributed by atoms with Gasteiger partial charge in [0.1, 0.15) is 17.5 Å². The summed E-state index contributed by atoms with van der Waals surface area (Å²) in [5, 5.41) is 15.9. The lowest BCUT2D eigenvalue weighted by Crippen LogP contribution is -2.66. The largest absolute Gasteiger partial charge is 0.493 e. The lowest BCUT2D eigenvalue weighted by molar-refractivity contribution is -0.0436. The highest BCUT2D eigenvalue weighted by Gasteiger charge is 2.48. The number of benzene rings is 1. The first kappa shape index (κ1) is 25.6. The van der Waals surface area contributed by atoms with Crippen molar-refractivity contribution in [2.45, 2.75) is 37.4 Å². The van der Waals surface area contributed by atoms with Gasteiger partial charge in [0.25, 0.3) is 0 Å². The van der Waals surface area contributed by atoms with Crippen LogP contribution in [0.3, 0.4) is 0 Å². The van der Waals surface area contributed by atoms with E-state index in [-0.39, 0.29) is 5.54 Å². The van der Waals surface area contributed by atoms with E-state index >= 15 is 0 Å². The van der Waals surface area contributed by atoms with Gasteiger partial charge in [0.15, 0.2) is 11.5 Å². The topological polar surface area (TPSA) is 108 Å². The van der Waals surface area contributed by atoms with E-state index in [4.69, 9.17) is 26.2 Å². The highest BCUT2D eigenvalue weighted by atomic mass is 35.5. The number of nitrogens with zero attached hydrogens (tertiary/aromatic N) is 7. The van der Waals surface area contributed by atoms with Crippen molar-refractivity contribution in [1.29, 1.82) is 5.26 Å². The number of rotatable bonds is 8. The monoisotopic (exact) mass is 546 g/mol. The van der Waals surface area contributed by atoms with Gasteiger partial charge >= 0.3 is 0 Å². The molecule has 0 radical (unpaired) electrons. The number of hydrogen-bond donors (Lipinski definition) is 1. The number of methoxy groups -OCH3 is 2. The Bertz CT molecular complexity index is 1510. The number of H-pyrrole nitrogens is 1. The molecule has 0 aliphatic carbocycles. The highest BCUT2D eigenvalue weighted by molar-refractivity contribution is 6.33. The van der Waals surface area contributed by atoms with Crippen LogP contribution >= 0.6 is 11.6 Å². The Hall–Kier alpha value is -3.65. The summed E-state index contributed by atoms with van der Waals surface area (Å²) in [7, 11) is 3.23. The number of aromatic amines is 1. The molecule has 2 aliphatic rings. The summed E-state index contributed by atoms with van der Waals surface area (Å²) in [6, 6.07) is 8.80. The molecule has 2 aliphatic heterocycles. The van der Waals surface area contributed by atoms with Crippen molar-refractivity contribution >= 4 is 22.6 Å². The van der Waals surface area contributed by atoms with E-state index in [1.54, 1.807) is 20.5 Å². The van der Waals surface area contributed by atoms with E-state index in [1.807, 2.05) is 41.5 Å². The van der Waals surface area contributed by atoms with Gasteiger partial charge in [-0.15, -0.1) is 0 Å². The van der Waals surface area contributed by atoms with Gasteiger partial charge in [-0.2, -0.15) is 10.4 Å². The smallest absolute Gasteiger partial charge is 0.179 e. The maximum Gasteiger partial charge on any atom is 0.179 e. The number of halogens is 1. The number of fused-ring (bicyclic) bond motifs is 1. The van der Waals surface area contributed by atoms with Crippen LogP contribution in [0, 0.1) is 11.3 Å². The normalized spacial score (nSPS) is 18.1. The van der Waals surface area contributed by atoms with Gasteiger partial charge in [-0.1, -0.05) is 17.7 Å². The maximum absolute atomic E-state index is 9.66. The lowest BCUT2D eigenvalue weighted by atomic mass is 9.83. The van der Waals surface area contributed by atoms with Crippen LogP contribution in [0.2, 0.25) is 5.02 Å². The lowest BCUT2D eigenvalue weighted by Gasteiger charge is -2.53. The number of piperidine rings is 1. The van der Waals surface area contributed by atoms with E-state index < -0.39 is 0 Å². The second kappa shape index (κ2) is 10.5. The van der Waals surface area contributed by atoms with Crippen LogP contribution in [0.1, 0.15) is 24.8 Å². The summed E-state index contributed by atoms with van der Waals surface area (Å²) in [5.74, 6) is 1.22. The molecule has 11 heteroatoms. The third-order valence-electron chi connectivity index (χ3n) is 8.13. The average molecular weight is 547 g/mol. The molecule has 39 heavy (non-hydrogen) atoms. The third kappa shape index (κ3) is 4.61. The molecule has 202 valence electrons. The van der Waals surface area contributed by atoms with Gasteiger partial charge in [0, 0.05) is 49.0 Å². The maximum atomic E-state index is 9.66. The Labute approximate surface area is 232 Å². The Morgan fingerprint density at radius 2 is 1.97 bits per heavy atom. The Morgan fingerprint density at radius 3 is 2.72 bits per heavy atom. The van der Waals surface area contributed by atoms with E-state index in [2.05, 4.69) is 30.8 Å². The van der Waals surface area contributed by atoms with Gasteiger partial charge in [0.2, 0.25) is 0 Å². The first-order valence-corrected chi connectivity index (χ1v) is 13.5. The number of aromatic nitrogens is 5. The second-order valence-corrected chi connectivity index (χ2v) is 10.8. The van der Waals surface area contributed by atoms with Crippen LogP contribution in [-0.2, 0) is 12.1 Å². The van der Waals surface area contributed by atoms with Crippen molar-refractivity contribution in [3.63, 3.8) is 0 Å². The Kier molecular flexibility index (Phi) is 6.89. The number of nitrogens with one attached hydrogen (secondary N) is 1. The van der Waals surface area contributed by atoms with Crippen LogP contribution in [0.15, 0.2) is 43.1 Å². The Morgan fingerprint density at radius 1 is 1.15 bits per heavy atom. The highest BCUT2D eigenvalue weighted by Crippen LogP contribution is 2.39.